The summed E-state index contributed by atoms with van der Waals surface area (Å²) in [5.41, 5.74) is 3.59. The van der Waals surface area contributed by atoms with Crippen molar-refractivity contribution in [2.45, 2.75) is 19.8 Å². The van der Waals surface area contributed by atoms with Crippen LogP contribution in [0.25, 0.3) is 11.1 Å². The van der Waals surface area contributed by atoms with Crippen molar-refractivity contribution >= 4 is 0 Å². The van der Waals surface area contributed by atoms with Gasteiger partial charge in [-0.1, -0.05) is 61.2 Å². The van der Waals surface area contributed by atoms with Crippen LogP contribution in [0.15, 0.2) is 54.6 Å². The molecule has 0 aliphatic rings. The maximum Gasteiger partial charge on any atom is 0.0245 e. The minimum atomic E-state index is 0.973. The fraction of sp³-hybridized carbons (Fsp3) is 0.176. The minimum Gasteiger partial charge on any atom is -0.0979 e. The lowest BCUT2D eigenvalue weighted by Gasteiger charge is -2.00. The van der Waals surface area contributed by atoms with Gasteiger partial charge in [0, 0.05) is 12.0 Å². The lowest BCUT2D eigenvalue weighted by Crippen LogP contribution is -1.78. The molecule has 2 aromatic carbocycles. The van der Waals surface area contributed by atoms with Crippen molar-refractivity contribution in [2.75, 3.05) is 0 Å². The van der Waals surface area contributed by atoms with E-state index in [0.717, 1.165) is 18.4 Å². The summed E-state index contributed by atoms with van der Waals surface area (Å²) in [5, 5.41) is 0. The van der Waals surface area contributed by atoms with Crippen molar-refractivity contribution in [2.24, 2.45) is 0 Å². The Labute approximate surface area is 103 Å². The van der Waals surface area contributed by atoms with Crippen LogP contribution in [0.4, 0.5) is 0 Å². The van der Waals surface area contributed by atoms with Gasteiger partial charge in [0.05, 0.1) is 0 Å². The van der Waals surface area contributed by atoms with Gasteiger partial charge in [-0.25, -0.2) is 0 Å². The van der Waals surface area contributed by atoms with Crippen LogP contribution in [0.2, 0.25) is 0 Å². The molecule has 0 heterocycles. The predicted octanol–water partition coefficient (Wildman–Crippen LogP) is 4.51. The smallest absolute Gasteiger partial charge is 0.0245 e. The van der Waals surface area contributed by atoms with Crippen LogP contribution in [0.5, 0.6) is 0 Å². The minimum absolute atomic E-state index is 0.973. The number of hydrogen-bond acceptors (Lipinski definition) is 0. The zero-order valence-corrected chi connectivity index (χ0v) is 10.1. The molecule has 84 valence electrons. The predicted molar refractivity (Wildman–Crippen MR) is 73.7 cm³/mol. The topological polar surface area (TPSA) is 0 Å². The molecule has 0 atom stereocenters. The Balaban J connectivity index is 2.17. The van der Waals surface area contributed by atoms with E-state index in [1.165, 1.54) is 11.1 Å². The Hall–Kier alpha value is -2.00. The van der Waals surface area contributed by atoms with Gasteiger partial charge in [0.15, 0.2) is 0 Å². The van der Waals surface area contributed by atoms with E-state index in [1.54, 1.807) is 0 Å². The molecule has 0 aliphatic carbocycles. The van der Waals surface area contributed by atoms with Gasteiger partial charge in [0.25, 0.3) is 0 Å². The molecule has 0 saturated heterocycles. The molecule has 0 bridgehead atoms. The van der Waals surface area contributed by atoms with Gasteiger partial charge < -0.3 is 0 Å². The van der Waals surface area contributed by atoms with Crippen molar-refractivity contribution in [3.63, 3.8) is 0 Å². The summed E-state index contributed by atoms with van der Waals surface area (Å²) in [5.74, 6) is 6.33. The Kier molecular flexibility index (Phi) is 4.00. The molecule has 2 rings (SSSR count). The summed E-state index contributed by atoms with van der Waals surface area (Å²) in [6, 6.07) is 18.8. The van der Waals surface area contributed by atoms with E-state index in [4.69, 9.17) is 0 Å². The van der Waals surface area contributed by atoms with Crippen LogP contribution in [-0.2, 0) is 0 Å². The first kappa shape index (κ1) is 11.5. The third-order valence-corrected chi connectivity index (χ3v) is 2.60. The Bertz CT molecular complexity index is 509. The zero-order valence-electron chi connectivity index (χ0n) is 10.1. The van der Waals surface area contributed by atoms with E-state index in [2.05, 4.69) is 67.3 Å². The molecule has 0 spiro atoms. The van der Waals surface area contributed by atoms with E-state index in [0.29, 0.717) is 0 Å². The molecule has 0 radical (unpaired) electrons. The van der Waals surface area contributed by atoms with E-state index in [1.807, 2.05) is 6.07 Å². The normalized spacial score (nSPS) is 9.47. The van der Waals surface area contributed by atoms with Gasteiger partial charge in [-0.2, -0.15) is 0 Å². The molecule has 17 heavy (non-hydrogen) atoms. The van der Waals surface area contributed by atoms with Crippen molar-refractivity contribution in [1.29, 1.82) is 0 Å². The van der Waals surface area contributed by atoms with Crippen LogP contribution in [0.3, 0.4) is 0 Å². The number of benzene rings is 2. The fourth-order valence-corrected chi connectivity index (χ4v) is 1.67. The molecule has 0 amide bonds. The molecule has 2 aromatic rings. The SMILES string of the molecule is CCCC#Cc1ccc(-c2ccccc2)cc1. The third-order valence-electron chi connectivity index (χ3n) is 2.60. The summed E-state index contributed by atoms with van der Waals surface area (Å²) in [7, 11) is 0. The van der Waals surface area contributed by atoms with E-state index < -0.39 is 0 Å². The van der Waals surface area contributed by atoms with Crippen LogP contribution in [-0.4, -0.2) is 0 Å². The van der Waals surface area contributed by atoms with Gasteiger partial charge in [-0.3, -0.25) is 0 Å². The van der Waals surface area contributed by atoms with Crippen molar-refractivity contribution in [3.8, 4) is 23.0 Å². The number of unbranched alkanes of at least 4 members (excludes halogenated alkanes) is 1. The van der Waals surface area contributed by atoms with Crippen LogP contribution in [0.1, 0.15) is 25.3 Å². The highest BCUT2D eigenvalue weighted by Gasteiger charge is 1.95. The van der Waals surface area contributed by atoms with Gasteiger partial charge in [0.2, 0.25) is 0 Å². The first-order chi connectivity index (χ1) is 8.40. The molecule has 0 N–H and O–H groups in total. The monoisotopic (exact) mass is 220 g/mol. The standard InChI is InChI=1S/C17H16/c1-2-3-5-8-15-11-13-17(14-12-15)16-9-6-4-7-10-16/h4,6-7,9-14H,2-3H2,1H3. The Morgan fingerprint density at radius 2 is 1.47 bits per heavy atom. The summed E-state index contributed by atoms with van der Waals surface area (Å²) in [4.78, 5) is 0. The molecular formula is C17H16. The highest BCUT2D eigenvalue weighted by atomic mass is 14.0. The first-order valence-corrected chi connectivity index (χ1v) is 6.04. The summed E-state index contributed by atoms with van der Waals surface area (Å²) >= 11 is 0. The van der Waals surface area contributed by atoms with Crippen molar-refractivity contribution < 1.29 is 0 Å². The Morgan fingerprint density at radius 3 is 2.12 bits per heavy atom. The quantitative estimate of drug-likeness (QED) is 0.653. The second kappa shape index (κ2) is 5.92. The highest BCUT2D eigenvalue weighted by molar-refractivity contribution is 5.64. The average Bonchev–Trinajstić information content (AvgIpc) is 2.41. The second-order valence-electron chi connectivity index (χ2n) is 4.00. The van der Waals surface area contributed by atoms with Crippen LogP contribution >= 0.6 is 0 Å². The maximum absolute atomic E-state index is 3.17. The molecule has 0 aliphatic heterocycles. The summed E-state index contributed by atoms with van der Waals surface area (Å²) in [6.45, 7) is 2.15. The fourth-order valence-electron chi connectivity index (χ4n) is 1.67. The molecule has 0 saturated carbocycles. The molecule has 0 fully saturated rings. The largest absolute Gasteiger partial charge is 0.0979 e. The molecule has 0 heteroatoms. The maximum atomic E-state index is 3.17. The molecule has 0 nitrogen and oxygen atoms in total. The van der Waals surface area contributed by atoms with Gasteiger partial charge >= 0.3 is 0 Å². The van der Waals surface area contributed by atoms with Crippen molar-refractivity contribution in [3.05, 3.63) is 60.2 Å². The molecular weight excluding hydrogens is 204 g/mol. The zero-order chi connectivity index (χ0) is 11.9. The van der Waals surface area contributed by atoms with Gasteiger partial charge in [-0.05, 0) is 29.7 Å². The van der Waals surface area contributed by atoms with Crippen LogP contribution in [0, 0.1) is 11.8 Å². The lowest BCUT2D eigenvalue weighted by atomic mass is 10.0. The molecule has 0 aromatic heterocycles. The lowest BCUT2D eigenvalue weighted by molar-refractivity contribution is 0.983. The third kappa shape index (κ3) is 3.23. The first-order valence-electron chi connectivity index (χ1n) is 6.04. The summed E-state index contributed by atoms with van der Waals surface area (Å²) < 4.78 is 0. The molecule has 0 unspecified atom stereocenters. The highest BCUT2D eigenvalue weighted by Crippen LogP contribution is 2.18. The van der Waals surface area contributed by atoms with E-state index in [-0.39, 0.29) is 0 Å². The van der Waals surface area contributed by atoms with Crippen molar-refractivity contribution in [1.82, 2.24) is 0 Å². The summed E-state index contributed by atoms with van der Waals surface area (Å²) in [6.07, 6.45) is 2.09. The second-order valence-corrected chi connectivity index (χ2v) is 4.00. The Morgan fingerprint density at radius 1 is 0.824 bits per heavy atom. The number of hydrogen-bond donors (Lipinski definition) is 0. The van der Waals surface area contributed by atoms with E-state index in [9.17, 15) is 0 Å². The van der Waals surface area contributed by atoms with Gasteiger partial charge in [0.1, 0.15) is 0 Å². The average molecular weight is 220 g/mol. The number of rotatable bonds is 2. The van der Waals surface area contributed by atoms with Crippen LogP contribution < -0.4 is 0 Å². The van der Waals surface area contributed by atoms with Gasteiger partial charge in [-0.15, -0.1) is 0 Å². The van der Waals surface area contributed by atoms with E-state index >= 15 is 0 Å².